The molecule has 1 aromatic rings. The molecule has 1 saturated heterocycles. The predicted molar refractivity (Wildman–Crippen MR) is 69.8 cm³/mol. The van der Waals surface area contributed by atoms with Gasteiger partial charge in [0.15, 0.2) is 0 Å². The number of hydrogen-bond donors (Lipinski definition) is 2. The summed E-state index contributed by atoms with van der Waals surface area (Å²) in [6.45, 7) is 3.20. The van der Waals surface area contributed by atoms with E-state index < -0.39 is 5.60 Å². The molecule has 1 fully saturated rings. The standard InChI is InChI=1S/C12H15BrN2O2/c1-12(17)7-15(8-12)6-11(16)14-10-4-2-3-9(13)5-10/h2-5,17H,6-8H2,1H3,(H,14,16). The van der Waals surface area contributed by atoms with Crippen LogP contribution < -0.4 is 5.32 Å². The third kappa shape index (κ3) is 3.52. The molecule has 0 aromatic heterocycles. The number of likely N-dealkylation sites (tertiary alicyclic amines) is 1. The zero-order valence-corrected chi connectivity index (χ0v) is 11.2. The number of carbonyl (C=O) groups is 1. The van der Waals surface area contributed by atoms with E-state index in [1.807, 2.05) is 29.2 Å². The summed E-state index contributed by atoms with van der Waals surface area (Å²) in [5, 5.41) is 12.4. The fraction of sp³-hybridized carbons (Fsp3) is 0.417. The summed E-state index contributed by atoms with van der Waals surface area (Å²) < 4.78 is 0.933. The number of nitrogens with one attached hydrogen (secondary N) is 1. The molecular formula is C12H15BrN2O2. The second-order valence-electron chi connectivity index (χ2n) is 4.70. The molecule has 0 atom stereocenters. The quantitative estimate of drug-likeness (QED) is 0.888. The van der Waals surface area contributed by atoms with Crippen LogP contribution in [0.4, 0.5) is 5.69 Å². The smallest absolute Gasteiger partial charge is 0.238 e. The van der Waals surface area contributed by atoms with Crippen molar-refractivity contribution in [3.8, 4) is 0 Å². The first-order valence-electron chi connectivity index (χ1n) is 5.45. The number of benzene rings is 1. The number of amides is 1. The number of rotatable bonds is 3. The van der Waals surface area contributed by atoms with E-state index in [2.05, 4.69) is 21.2 Å². The summed E-state index contributed by atoms with van der Waals surface area (Å²) in [5.41, 5.74) is 0.146. The Labute approximate surface area is 109 Å². The molecule has 2 rings (SSSR count). The van der Waals surface area contributed by atoms with Crippen LogP contribution in [0, 0.1) is 0 Å². The zero-order valence-electron chi connectivity index (χ0n) is 9.61. The summed E-state index contributed by atoms with van der Waals surface area (Å²) in [4.78, 5) is 13.6. The summed E-state index contributed by atoms with van der Waals surface area (Å²) in [6.07, 6.45) is 0. The molecule has 0 spiro atoms. The van der Waals surface area contributed by atoms with Gasteiger partial charge < -0.3 is 10.4 Å². The SMILES string of the molecule is CC1(O)CN(CC(=O)Nc2cccc(Br)c2)C1. The lowest BCUT2D eigenvalue weighted by Crippen LogP contribution is -2.61. The second kappa shape index (κ2) is 4.76. The molecule has 1 aromatic carbocycles. The third-order valence-corrected chi connectivity index (χ3v) is 3.10. The lowest BCUT2D eigenvalue weighted by Gasteiger charge is -2.43. The number of nitrogens with zero attached hydrogens (tertiary/aromatic N) is 1. The largest absolute Gasteiger partial charge is 0.388 e. The molecular weight excluding hydrogens is 284 g/mol. The first-order valence-corrected chi connectivity index (χ1v) is 6.24. The highest BCUT2D eigenvalue weighted by Gasteiger charge is 2.37. The minimum atomic E-state index is -0.629. The maximum absolute atomic E-state index is 11.7. The van der Waals surface area contributed by atoms with Gasteiger partial charge in [0.2, 0.25) is 5.91 Å². The monoisotopic (exact) mass is 298 g/mol. The Hall–Kier alpha value is -0.910. The molecule has 1 aliphatic rings. The van der Waals surface area contributed by atoms with Gasteiger partial charge in [-0.2, -0.15) is 0 Å². The van der Waals surface area contributed by atoms with Gasteiger partial charge in [0.05, 0.1) is 12.1 Å². The average molecular weight is 299 g/mol. The first kappa shape index (κ1) is 12.5. The van der Waals surface area contributed by atoms with Gasteiger partial charge in [-0.05, 0) is 25.1 Å². The van der Waals surface area contributed by atoms with Crippen LogP contribution in [-0.2, 0) is 4.79 Å². The average Bonchev–Trinajstić information content (AvgIpc) is 2.14. The van der Waals surface area contributed by atoms with E-state index in [0.29, 0.717) is 19.6 Å². The Balaban J connectivity index is 1.82. The summed E-state index contributed by atoms with van der Waals surface area (Å²) >= 11 is 3.35. The number of aliphatic hydroxyl groups is 1. The van der Waals surface area contributed by atoms with Crippen molar-refractivity contribution in [2.75, 3.05) is 25.0 Å². The van der Waals surface area contributed by atoms with Crippen molar-refractivity contribution in [1.82, 2.24) is 4.90 Å². The van der Waals surface area contributed by atoms with Crippen molar-refractivity contribution < 1.29 is 9.90 Å². The van der Waals surface area contributed by atoms with Crippen molar-refractivity contribution in [3.63, 3.8) is 0 Å². The zero-order chi connectivity index (χ0) is 12.5. The van der Waals surface area contributed by atoms with Gasteiger partial charge in [-0.15, -0.1) is 0 Å². The minimum Gasteiger partial charge on any atom is -0.388 e. The Morgan fingerprint density at radius 3 is 2.88 bits per heavy atom. The Morgan fingerprint density at radius 1 is 1.59 bits per heavy atom. The molecule has 1 aliphatic heterocycles. The fourth-order valence-electron chi connectivity index (χ4n) is 2.00. The molecule has 1 heterocycles. The molecule has 5 heteroatoms. The second-order valence-corrected chi connectivity index (χ2v) is 5.62. The normalized spacial score (nSPS) is 18.5. The number of hydrogen-bond acceptors (Lipinski definition) is 3. The number of carbonyl (C=O) groups excluding carboxylic acids is 1. The van der Waals surface area contributed by atoms with Gasteiger partial charge in [0.25, 0.3) is 0 Å². The lowest BCUT2D eigenvalue weighted by molar-refractivity contribution is -0.125. The summed E-state index contributed by atoms with van der Waals surface area (Å²) in [5.74, 6) is -0.0569. The number of halogens is 1. The van der Waals surface area contributed by atoms with E-state index in [0.717, 1.165) is 10.2 Å². The minimum absolute atomic E-state index is 0.0569. The summed E-state index contributed by atoms with van der Waals surface area (Å²) in [6, 6.07) is 7.47. The molecule has 0 radical (unpaired) electrons. The van der Waals surface area contributed by atoms with E-state index in [1.165, 1.54) is 0 Å². The fourth-order valence-corrected chi connectivity index (χ4v) is 2.40. The molecule has 0 aliphatic carbocycles. The Kier molecular flexibility index (Phi) is 3.51. The van der Waals surface area contributed by atoms with Crippen molar-refractivity contribution >= 4 is 27.5 Å². The highest BCUT2D eigenvalue weighted by atomic mass is 79.9. The summed E-state index contributed by atoms with van der Waals surface area (Å²) in [7, 11) is 0. The van der Waals surface area contributed by atoms with E-state index in [4.69, 9.17) is 0 Å². The number of β-amino-alcohol motifs (C(OH)–C–C–N with tert-alkyl or cyclic N) is 1. The highest BCUT2D eigenvalue weighted by molar-refractivity contribution is 9.10. The molecule has 1 amide bonds. The van der Waals surface area contributed by atoms with Crippen molar-refractivity contribution in [1.29, 1.82) is 0 Å². The maximum atomic E-state index is 11.7. The van der Waals surface area contributed by atoms with E-state index in [1.54, 1.807) is 6.92 Å². The topological polar surface area (TPSA) is 52.6 Å². The van der Waals surface area contributed by atoms with Gasteiger partial charge in [-0.25, -0.2) is 0 Å². The van der Waals surface area contributed by atoms with Crippen LogP contribution in [0.5, 0.6) is 0 Å². The van der Waals surface area contributed by atoms with Gasteiger partial charge in [-0.3, -0.25) is 9.69 Å². The van der Waals surface area contributed by atoms with E-state index >= 15 is 0 Å². The first-order chi connectivity index (χ1) is 7.94. The van der Waals surface area contributed by atoms with Crippen molar-refractivity contribution in [2.24, 2.45) is 0 Å². The van der Waals surface area contributed by atoms with Gasteiger partial charge in [0.1, 0.15) is 0 Å². The van der Waals surface area contributed by atoms with Crippen molar-refractivity contribution in [2.45, 2.75) is 12.5 Å². The van der Waals surface area contributed by atoms with Crippen LogP contribution in [0.2, 0.25) is 0 Å². The predicted octanol–water partition coefficient (Wildman–Crippen LogP) is 1.45. The molecule has 0 unspecified atom stereocenters. The van der Waals surface area contributed by atoms with Crippen LogP contribution in [0.25, 0.3) is 0 Å². The van der Waals surface area contributed by atoms with Gasteiger partial charge in [-0.1, -0.05) is 22.0 Å². The van der Waals surface area contributed by atoms with Gasteiger partial charge in [0, 0.05) is 23.2 Å². The number of anilines is 1. The molecule has 0 saturated carbocycles. The van der Waals surface area contributed by atoms with E-state index in [9.17, 15) is 9.90 Å². The van der Waals surface area contributed by atoms with E-state index in [-0.39, 0.29) is 5.91 Å². The molecule has 0 bridgehead atoms. The molecule has 2 N–H and O–H groups in total. The maximum Gasteiger partial charge on any atom is 0.238 e. The van der Waals surface area contributed by atoms with Gasteiger partial charge >= 0.3 is 0 Å². The molecule has 4 nitrogen and oxygen atoms in total. The van der Waals surface area contributed by atoms with Crippen LogP contribution in [-0.4, -0.2) is 41.1 Å². The third-order valence-electron chi connectivity index (χ3n) is 2.60. The van der Waals surface area contributed by atoms with Crippen LogP contribution in [0.1, 0.15) is 6.92 Å². The Morgan fingerprint density at radius 2 is 2.29 bits per heavy atom. The van der Waals surface area contributed by atoms with Crippen LogP contribution >= 0.6 is 15.9 Å². The van der Waals surface area contributed by atoms with Crippen LogP contribution in [0.3, 0.4) is 0 Å². The molecule has 17 heavy (non-hydrogen) atoms. The van der Waals surface area contributed by atoms with Crippen molar-refractivity contribution in [3.05, 3.63) is 28.7 Å². The lowest BCUT2D eigenvalue weighted by atomic mass is 9.97. The van der Waals surface area contributed by atoms with Crippen LogP contribution in [0.15, 0.2) is 28.7 Å². The highest BCUT2D eigenvalue weighted by Crippen LogP contribution is 2.19. The Bertz CT molecular complexity index is 426. The molecule has 92 valence electrons.